The summed E-state index contributed by atoms with van der Waals surface area (Å²) < 4.78 is 26.2. The molecule has 1 aromatic carbocycles. The summed E-state index contributed by atoms with van der Waals surface area (Å²) in [6.45, 7) is 1.89. The van der Waals surface area contributed by atoms with Gasteiger partial charge in [0, 0.05) is 13.1 Å². The summed E-state index contributed by atoms with van der Waals surface area (Å²) in [6, 6.07) is 4.41. The molecule has 1 N–H and O–H groups in total. The number of benzene rings is 1. The fourth-order valence-electron chi connectivity index (χ4n) is 1.68. The number of carboxylic acid groups (broad SMARTS) is 1. The van der Waals surface area contributed by atoms with E-state index in [1.807, 2.05) is 0 Å². The molecule has 1 aromatic rings. The molecule has 5 nitrogen and oxygen atoms in total. The molecular formula is C12H15Cl2NO4S. The van der Waals surface area contributed by atoms with Crippen molar-refractivity contribution in [2.45, 2.75) is 24.7 Å². The second kappa shape index (κ2) is 7.26. The van der Waals surface area contributed by atoms with E-state index in [1.54, 1.807) is 13.0 Å². The summed E-state index contributed by atoms with van der Waals surface area (Å²) in [5, 5.41) is 8.75. The van der Waals surface area contributed by atoms with E-state index in [-0.39, 0.29) is 34.5 Å². The highest BCUT2D eigenvalue weighted by Crippen LogP contribution is 2.31. The molecule has 0 heterocycles. The molecule has 0 aliphatic carbocycles. The summed E-state index contributed by atoms with van der Waals surface area (Å²) in [5.74, 6) is -1.06. The number of hydrogen-bond acceptors (Lipinski definition) is 3. The van der Waals surface area contributed by atoms with Gasteiger partial charge in [-0.05, 0) is 18.6 Å². The van der Waals surface area contributed by atoms with Gasteiger partial charge in [0.15, 0.2) is 0 Å². The highest BCUT2D eigenvalue weighted by atomic mass is 35.5. The number of rotatable bonds is 7. The molecule has 0 saturated heterocycles. The standard InChI is InChI=1S/C12H15Cl2NO4S/c1-2-7-15(8-6-11(16)17)20(18,19)12-9(13)4-3-5-10(12)14/h3-5H,2,6-8H2,1H3,(H,16,17). The van der Waals surface area contributed by atoms with Gasteiger partial charge in [-0.2, -0.15) is 4.31 Å². The number of carboxylic acids is 1. The Morgan fingerprint density at radius 3 is 2.25 bits per heavy atom. The van der Waals surface area contributed by atoms with Crippen LogP contribution in [0.15, 0.2) is 23.1 Å². The van der Waals surface area contributed by atoms with Gasteiger partial charge in [0.25, 0.3) is 0 Å². The van der Waals surface area contributed by atoms with Crippen LogP contribution in [0.1, 0.15) is 19.8 Å². The van der Waals surface area contributed by atoms with Gasteiger partial charge in [0.1, 0.15) is 4.90 Å². The fourth-order valence-corrected chi connectivity index (χ4v) is 4.30. The van der Waals surface area contributed by atoms with Crippen LogP contribution >= 0.6 is 23.2 Å². The minimum absolute atomic E-state index is 0.0222. The minimum Gasteiger partial charge on any atom is -0.481 e. The van der Waals surface area contributed by atoms with Gasteiger partial charge in [-0.1, -0.05) is 36.2 Å². The molecule has 0 aliphatic rings. The second-order valence-corrected chi connectivity index (χ2v) is 6.79. The van der Waals surface area contributed by atoms with Crippen LogP contribution in [0.3, 0.4) is 0 Å². The van der Waals surface area contributed by atoms with Crippen LogP contribution in [0.25, 0.3) is 0 Å². The first kappa shape index (κ1) is 17.2. The Hall–Kier alpha value is -0.820. The lowest BCUT2D eigenvalue weighted by Gasteiger charge is -2.22. The topological polar surface area (TPSA) is 74.7 Å². The van der Waals surface area contributed by atoms with Crippen molar-refractivity contribution in [3.05, 3.63) is 28.2 Å². The van der Waals surface area contributed by atoms with Crippen molar-refractivity contribution in [1.82, 2.24) is 4.31 Å². The van der Waals surface area contributed by atoms with Crippen LogP contribution in [-0.4, -0.2) is 36.9 Å². The van der Waals surface area contributed by atoms with Gasteiger partial charge < -0.3 is 5.11 Å². The van der Waals surface area contributed by atoms with E-state index in [9.17, 15) is 13.2 Å². The molecule has 0 aromatic heterocycles. The van der Waals surface area contributed by atoms with Crippen molar-refractivity contribution < 1.29 is 18.3 Å². The quantitative estimate of drug-likeness (QED) is 0.828. The molecule has 112 valence electrons. The predicted molar refractivity (Wildman–Crippen MR) is 77.8 cm³/mol. The maximum Gasteiger partial charge on any atom is 0.304 e. The van der Waals surface area contributed by atoms with Crippen molar-refractivity contribution in [2.75, 3.05) is 13.1 Å². The SMILES string of the molecule is CCCN(CCC(=O)O)S(=O)(=O)c1c(Cl)cccc1Cl. The third kappa shape index (κ3) is 4.09. The smallest absolute Gasteiger partial charge is 0.304 e. The largest absolute Gasteiger partial charge is 0.481 e. The number of halogens is 2. The summed E-state index contributed by atoms with van der Waals surface area (Å²) in [6.07, 6.45) is 0.280. The van der Waals surface area contributed by atoms with Crippen LogP contribution in [0.5, 0.6) is 0 Å². The molecule has 8 heteroatoms. The highest BCUT2D eigenvalue weighted by Gasteiger charge is 2.28. The van der Waals surface area contributed by atoms with E-state index in [2.05, 4.69) is 0 Å². The maximum absolute atomic E-state index is 12.5. The molecule has 0 unspecified atom stereocenters. The first-order valence-electron chi connectivity index (χ1n) is 5.96. The van der Waals surface area contributed by atoms with E-state index in [0.717, 1.165) is 4.31 Å². The van der Waals surface area contributed by atoms with Crippen molar-refractivity contribution in [3.63, 3.8) is 0 Å². The molecule has 0 amide bonds. The molecule has 0 saturated carbocycles. The van der Waals surface area contributed by atoms with E-state index >= 15 is 0 Å². The molecule has 0 aliphatic heterocycles. The van der Waals surface area contributed by atoms with Crippen molar-refractivity contribution in [3.8, 4) is 0 Å². The van der Waals surface area contributed by atoms with Crippen molar-refractivity contribution in [1.29, 1.82) is 0 Å². The number of carbonyl (C=O) groups is 1. The van der Waals surface area contributed by atoms with Crippen molar-refractivity contribution >= 4 is 39.2 Å². The summed E-state index contributed by atoms with van der Waals surface area (Å²) in [4.78, 5) is 10.5. The Morgan fingerprint density at radius 1 is 1.25 bits per heavy atom. The maximum atomic E-state index is 12.5. The van der Waals surface area contributed by atoms with Gasteiger partial charge >= 0.3 is 5.97 Å². The van der Waals surface area contributed by atoms with Gasteiger partial charge in [-0.15, -0.1) is 0 Å². The summed E-state index contributed by atoms with van der Waals surface area (Å²) in [7, 11) is -3.91. The van der Waals surface area contributed by atoms with Crippen LogP contribution in [0.4, 0.5) is 0 Å². The van der Waals surface area contributed by atoms with Crippen LogP contribution in [-0.2, 0) is 14.8 Å². The van der Waals surface area contributed by atoms with E-state index in [1.165, 1.54) is 12.1 Å². The lowest BCUT2D eigenvalue weighted by Crippen LogP contribution is -2.34. The van der Waals surface area contributed by atoms with Crippen LogP contribution in [0, 0.1) is 0 Å². The van der Waals surface area contributed by atoms with E-state index < -0.39 is 16.0 Å². The zero-order valence-corrected chi connectivity index (χ0v) is 13.2. The van der Waals surface area contributed by atoms with Gasteiger partial charge in [-0.25, -0.2) is 8.42 Å². The van der Waals surface area contributed by atoms with Gasteiger partial charge in [0.2, 0.25) is 10.0 Å². The third-order valence-electron chi connectivity index (χ3n) is 2.56. The molecule has 20 heavy (non-hydrogen) atoms. The highest BCUT2D eigenvalue weighted by molar-refractivity contribution is 7.89. The number of hydrogen-bond donors (Lipinski definition) is 1. The predicted octanol–water partition coefficient (Wildman–Crippen LogP) is 2.87. The van der Waals surface area contributed by atoms with Gasteiger partial charge in [0.05, 0.1) is 16.5 Å². The lowest BCUT2D eigenvalue weighted by atomic mass is 10.4. The Bertz CT molecular complexity index is 569. The zero-order chi connectivity index (χ0) is 15.3. The lowest BCUT2D eigenvalue weighted by molar-refractivity contribution is -0.137. The Balaban J connectivity index is 3.19. The molecule has 0 spiro atoms. The van der Waals surface area contributed by atoms with E-state index in [0.29, 0.717) is 6.42 Å². The van der Waals surface area contributed by atoms with Gasteiger partial charge in [-0.3, -0.25) is 4.79 Å². The average molecular weight is 340 g/mol. The first-order valence-corrected chi connectivity index (χ1v) is 8.16. The Morgan fingerprint density at radius 2 is 1.80 bits per heavy atom. The summed E-state index contributed by atoms with van der Waals surface area (Å²) in [5.41, 5.74) is 0. The average Bonchev–Trinajstić information content (AvgIpc) is 2.33. The first-order chi connectivity index (χ1) is 9.30. The molecule has 0 radical (unpaired) electrons. The molecule has 0 fully saturated rings. The molecule has 0 bridgehead atoms. The molecule has 1 rings (SSSR count). The molecular weight excluding hydrogens is 325 g/mol. The van der Waals surface area contributed by atoms with Crippen molar-refractivity contribution in [2.24, 2.45) is 0 Å². The number of aliphatic carboxylic acids is 1. The third-order valence-corrected chi connectivity index (χ3v) is 5.42. The normalized spacial score (nSPS) is 11.8. The fraction of sp³-hybridized carbons (Fsp3) is 0.417. The number of nitrogens with zero attached hydrogens (tertiary/aromatic N) is 1. The Labute approximate surface area is 128 Å². The second-order valence-electron chi connectivity index (χ2n) is 4.10. The Kier molecular flexibility index (Phi) is 6.26. The monoisotopic (exact) mass is 339 g/mol. The minimum atomic E-state index is -3.91. The number of sulfonamides is 1. The zero-order valence-electron chi connectivity index (χ0n) is 10.8. The van der Waals surface area contributed by atoms with E-state index in [4.69, 9.17) is 28.3 Å². The van der Waals surface area contributed by atoms with Crippen LogP contribution in [0.2, 0.25) is 10.0 Å². The van der Waals surface area contributed by atoms with Crippen LogP contribution < -0.4 is 0 Å². The molecule has 0 atom stereocenters. The summed E-state index contributed by atoms with van der Waals surface area (Å²) >= 11 is 11.8.